The summed E-state index contributed by atoms with van der Waals surface area (Å²) >= 11 is 0. The number of carbonyl (C=O) groups excluding carboxylic acids is 1. The number of benzene rings is 2. The quantitative estimate of drug-likeness (QED) is 0.173. The molecule has 0 radical (unpaired) electrons. The van der Waals surface area contributed by atoms with E-state index in [0.717, 1.165) is 48.4 Å². The summed E-state index contributed by atoms with van der Waals surface area (Å²) in [5, 5.41) is 9.61. The number of methoxy groups -OCH3 is 1. The topological polar surface area (TPSA) is 84.0 Å². The zero-order chi connectivity index (χ0) is 21.9. The first kappa shape index (κ1) is 25.9. The van der Waals surface area contributed by atoms with Gasteiger partial charge in [-0.15, -0.1) is 24.0 Å². The highest BCUT2D eigenvalue weighted by Gasteiger charge is 2.25. The number of amides is 1. The fourth-order valence-corrected chi connectivity index (χ4v) is 3.23. The highest BCUT2D eigenvalue weighted by molar-refractivity contribution is 14.0. The van der Waals surface area contributed by atoms with Gasteiger partial charge in [0.25, 0.3) is 0 Å². The fourth-order valence-electron chi connectivity index (χ4n) is 3.23. The molecule has 8 heteroatoms. The monoisotopic (exact) mass is 552 g/mol. The van der Waals surface area contributed by atoms with Gasteiger partial charge < -0.3 is 25.4 Å². The average molecular weight is 552 g/mol. The summed E-state index contributed by atoms with van der Waals surface area (Å²) in [5.41, 5.74) is 2.78. The average Bonchev–Trinajstić information content (AvgIpc) is 2.73. The van der Waals surface area contributed by atoms with E-state index in [1.807, 2.05) is 48.5 Å². The predicted molar refractivity (Wildman–Crippen MR) is 140 cm³/mol. The molecule has 1 fully saturated rings. The van der Waals surface area contributed by atoms with Gasteiger partial charge in [-0.1, -0.05) is 24.6 Å². The highest BCUT2D eigenvalue weighted by Crippen LogP contribution is 2.27. The van der Waals surface area contributed by atoms with Crippen LogP contribution in [0.4, 0.5) is 11.4 Å². The Labute approximate surface area is 207 Å². The molecule has 0 bridgehead atoms. The van der Waals surface area contributed by atoms with Crippen LogP contribution < -0.4 is 20.7 Å². The number of hydrogen-bond donors (Lipinski definition) is 3. The normalized spacial score (nSPS) is 13.5. The van der Waals surface area contributed by atoms with E-state index >= 15 is 0 Å². The molecule has 0 aliphatic heterocycles. The fraction of sp³-hybridized carbons (Fsp3) is 0.417. The number of ether oxygens (including phenoxy) is 2. The molecule has 0 atom stereocenters. The maximum Gasteiger partial charge on any atom is 0.227 e. The number of aliphatic imine (C=N–C) groups is 1. The van der Waals surface area contributed by atoms with Crippen molar-refractivity contribution in [3.05, 3.63) is 54.1 Å². The first-order valence-corrected chi connectivity index (χ1v) is 10.8. The van der Waals surface area contributed by atoms with Gasteiger partial charge in [0, 0.05) is 57.1 Å². The predicted octanol–water partition coefficient (Wildman–Crippen LogP) is 4.65. The number of carbonyl (C=O) groups is 1. The largest absolute Gasteiger partial charge is 0.493 e. The molecule has 1 aliphatic carbocycles. The SMILES string of the molecule is CN=C(NCc1cccc(NC(=O)C2CCC2)c1)Nc1cccc(OCCCOC)c1.I. The Balaban J connectivity index is 0.00000363. The smallest absolute Gasteiger partial charge is 0.227 e. The molecule has 0 heterocycles. The van der Waals surface area contributed by atoms with Crippen LogP contribution >= 0.6 is 24.0 Å². The van der Waals surface area contributed by atoms with Crippen LogP contribution in [0.3, 0.4) is 0 Å². The Morgan fingerprint density at radius 3 is 2.50 bits per heavy atom. The third-order valence-electron chi connectivity index (χ3n) is 5.21. The second-order valence-electron chi connectivity index (χ2n) is 7.59. The molecule has 0 spiro atoms. The van der Waals surface area contributed by atoms with Crippen molar-refractivity contribution in [3.8, 4) is 5.75 Å². The van der Waals surface area contributed by atoms with Crippen molar-refractivity contribution < 1.29 is 14.3 Å². The van der Waals surface area contributed by atoms with Gasteiger partial charge in [0.05, 0.1) is 6.61 Å². The molecule has 174 valence electrons. The second kappa shape index (κ2) is 13.9. The van der Waals surface area contributed by atoms with Crippen LogP contribution in [-0.4, -0.2) is 39.2 Å². The molecule has 1 amide bonds. The Hall–Kier alpha value is -2.33. The molecule has 0 saturated heterocycles. The van der Waals surface area contributed by atoms with Crippen molar-refractivity contribution in [3.63, 3.8) is 0 Å². The van der Waals surface area contributed by atoms with Gasteiger partial charge in [0.2, 0.25) is 5.91 Å². The molecule has 7 nitrogen and oxygen atoms in total. The Morgan fingerprint density at radius 2 is 1.81 bits per heavy atom. The Morgan fingerprint density at radius 1 is 1.06 bits per heavy atom. The minimum atomic E-state index is 0. The van der Waals surface area contributed by atoms with Crippen LogP contribution in [-0.2, 0) is 16.1 Å². The van der Waals surface area contributed by atoms with E-state index < -0.39 is 0 Å². The molecule has 3 rings (SSSR count). The van der Waals surface area contributed by atoms with Crippen molar-refractivity contribution in [2.75, 3.05) is 38.0 Å². The van der Waals surface area contributed by atoms with Gasteiger partial charge in [-0.05, 0) is 42.7 Å². The number of hydrogen-bond acceptors (Lipinski definition) is 4. The molecule has 1 saturated carbocycles. The summed E-state index contributed by atoms with van der Waals surface area (Å²) in [7, 11) is 3.42. The lowest BCUT2D eigenvalue weighted by Gasteiger charge is -2.24. The molecule has 1 aliphatic rings. The maximum atomic E-state index is 12.2. The maximum absolute atomic E-state index is 12.2. The summed E-state index contributed by atoms with van der Waals surface area (Å²) in [5.74, 6) is 1.74. The molecule has 32 heavy (non-hydrogen) atoms. The van der Waals surface area contributed by atoms with Gasteiger partial charge in [0.15, 0.2) is 5.96 Å². The van der Waals surface area contributed by atoms with Crippen LogP contribution in [0.2, 0.25) is 0 Å². The van der Waals surface area contributed by atoms with Gasteiger partial charge in [-0.2, -0.15) is 0 Å². The first-order chi connectivity index (χ1) is 15.2. The van der Waals surface area contributed by atoms with Crippen LogP contribution in [0.25, 0.3) is 0 Å². The lowest BCUT2D eigenvalue weighted by molar-refractivity contribution is -0.122. The van der Waals surface area contributed by atoms with Crippen molar-refractivity contribution in [1.82, 2.24) is 5.32 Å². The molecule has 3 N–H and O–H groups in total. The van der Waals surface area contributed by atoms with E-state index in [0.29, 0.717) is 25.7 Å². The van der Waals surface area contributed by atoms with E-state index in [1.54, 1.807) is 14.2 Å². The van der Waals surface area contributed by atoms with Crippen LogP contribution in [0.1, 0.15) is 31.2 Å². The van der Waals surface area contributed by atoms with E-state index in [9.17, 15) is 4.79 Å². The lowest BCUT2D eigenvalue weighted by atomic mass is 9.85. The molecule has 2 aromatic carbocycles. The summed E-state index contributed by atoms with van der Waals surface area (Å²) in [4.78, 5) is 16.5. The number of anilines is 2. The Bertz CT molecular complexity index is 887. The van der Waals surface area contributed by atoms with E-state index in [1.165, 1.54) is 0 Å². The summed E-state index contributed by atoms with van der Waals surface area (Å²) < 4.78 is 10.8. The van der Waals surface area contributed by atoms with Gasteiger partial charge in [-0.3, -0.25) is 9.79 Å². The molecular weight excluding hydrogens is 519 g/mol. The number of nitrogens with one attached hydrogen (secondary N) is 3. The standard InChI is InChI=1S/C24H32N4O3.HI/c1-25-24(28-21-11-5-12-22(16-21)31-14-6-13-30-2)26-17-18-7-3-10-20(15-18)27-23(29)19-8-4-9-19;/h3,5,7,10-12,15-16,19H,4,6,8-9,13-14,17H2,1-2H3,(H,27,29)(H2,25,26,28);1H. The van der Waals surface area contributed by atoms with Gasteiger partial charge >= 0.3 is 0 Å². The van der Waals surface area contributed by atoms with Crippen molar-refractivity contribution >= 4 is 47.2 Å². The molecule has 0 unspecified atom stereocenters. The zero-order valence-corrected chi connectivity index (χ0v) is 21.1. The minimum Gasteiger partial charge on any atom is -0.493 e. The zero-order valence-electron chi connectivity index (χ0n) is 18.7. The van der Waals surface area contributed by atoms with Crippen molar-refractivity contribution in [2.24, 2.45) is 10.9 Å². The summed E-state index contributed by atoms with van der Waals surface area (Å²) in [6.45, 7) is 1.87. The lowest BCUT2D eigenvalue weighted by Crippen LogP contribution is -2.30. The molecule has 2 aromatic rings. The van der Waals surface area contributed by atoms with Crippen LogP contribution in [0.15, 0.2) is 53.5 Å². The second-order valence-corrected chi connectivity index (χ2v) is 7.59. The van der Waals surface area contributed by atoms with E-state index in [-0.39, 0.29) is 35.8 Å². The highest BCUT2D eigenvalue weighted by atomic mass is 127. The first-order valence-electron chi connectivity index (χ1n) is 10.8. The Kier molecular flexibility index (Phi) is 11.3. The van der Waals surface area contributed by atoms with Gasteiger partial charge in [0.1, 0.15) is 5.75 Å². The number of halogens is 1. The van der Waals surface area contributed by atoms with Crippen LogP contribution in [0.5, 0.6) is 5.75 Å². The van der Waals surface area contributed by atoms with Gasteiger partial charge in [-0.25, -0.2) is 0 Å². The summed E-state index contributed by atoms with van der Waals surface area (Å²) in [6, 6.07) is 15.7. The van der Waals surface area contributed by atoms with E-state index in [4.69, 9.17) is 9.47 Å². The minimum absolute atomic E-state index is 0. The number of nitrogens with zero attached hydrogens (tertiary/aromatic N) is 1. The molecule has 0 aromatic heterocycles. The number of rotatable bonds is 10. The third-order valence-corrected chi connectivity index (χ3v) is 5.21. The third kappa shape index (κ3) is 8.31. The number of guanidine groups is 1. The summed E-state index contributed by atoms with van der Waals surface area (Å²) in [6.07, 6.45) is 3.98. The molecular formula is C24H33IN4O3. The van der Waals surface area contributed by atoms with E-state index in [2.05, 4.69) is 20.9 Å². The van der Waals surface area contributed by atoms with Crippen molar-refractivity contribution in [2.45, 2.75) is 32.2 Å². The van der Waals surface area contributed by atoms with Crippen LogP contribution in [0, 0.1) is 5.92 Å². The van der Waals surface area contributed by atoms with Crippen molar-refractivity contribution in [1.29, 1.82) is 0 Å².